The standard InChI is InChI=1S/C10H18ClNO2/c1-3-12-6-4-9(5-7-12)8(2)14-10(11)13/h8-9H,3-7H2,1-2H3. The normalized spacial score (nSPS) is 21.9. The van der Waals surface area contributed by atoms with Gasteiger partial charge in [-0.05, 0) is 45.3 Å². The van der Waals surface area contributed by atoms with Gasteiger partial charge in [0.2, 0.25) is 0 Å². The molecule has 4 heteroatoms. The fourth-order valence-electron chi connectivity index (χ4n) is 1.98. The molecular weight excluding hydrogens is 202 g/mol. The first kappa shape index (κ1) is 11.8. The van der Waals surface area contributed by atoms with Crippen LogP contribution in [-0.4, -0.2) is 36.1 Å². The van der Waals surface area contributed by atoms with Crippen molar-refractivity contribution in [1.29, 1.82) is 0 Å². The average Bonchev–Trinajstić information content (AvgIpc) is 2.17. The molecule has 1 fully saturated rings. The number of halogens is 1. The van der Waals surface area contributed by atoms with Gasteiger partial charge in [-0.25, -0.2) is 4.79 Å². The molecule has 0 aromatic rings. The van der Waals surface area contributed by atoms with Crippen LogP contribution in [0, 0.1) is 5.92 Å². The van der Waals surface area contributed by atoms with Crippen molar-refractivity contribution in [3.63, 3.8) is 0 Å². The second-order valence-corrected chi connectivity index (χ2v) is 4.14. The molecule has 1 heterocycles. The van der Waals surface area contributed by atoms with Crippen molar-refractivity contribution >= 4 is 17.0 Å². The van der Waals surface area contributed by atoms with Crippen LogP contribution in [0.15, 0.2) is 0 Å². The Balaban J connectivity index is 2.30. The molecule has 14 heavy (non-hydrogen) atoms. The van der Waals surface area contributed by atoms with E-state index < -0.39 is 5.43 Å². The molecule has 1 aliphatic heterocycles. The van der Waals surface area contributed by atoms with Gasteiger partial charge in [-0.15, -0.1) is 0 Å². The van der Waals surface area contributed by atoms with Crippen LogP contribution in [0.2, 0.25) is 0 Å². The molecular formula is C10H18ClNO2. The van der Waals surface area contributed by atoms with Crippen molar-refractivity contribution in [2.45, 2.75) is 32.8 Å². The first-order valence-electron chi connectivity index (χ1n) is 5.22. The number of hydrogen-bond acceptors (Lipinski definition) is 3. The molecule has 82 valence electrons. The topological polar surface area (TPSA) is 29.5 Å². The summed E-state index contributed by atoms with van der Waals surface area (Å²) < 4.78 is 4.97. The number of carbonyl (C=O) groups is 1. The summed E-state index contributed by atoms with van der Waals surface area (Å²) in [7, 11) is 0. The van der Waals surface area contributed by atoms with Crippen LogP contribution in [0.3, 0.4) is 0 Å². The van der Waals surface area contributed by atoms with Gasteiger partial charge < -0.3 is 9.64 Å². The zero-order valence-electron chi connectivity index (χ0n) is 8.83. The van der Waals surface area contributed by atoms with E-state index in [1.165, 1.54) is 0 Å². The third kappa shape index (κ3) is 3.46. The van der Waals surface area contributed by atoms with Gasteiger partial charge in [0.05, 0.1) is 0 Å². The molecule has 0 radical (unpaired) electrons. The summed E-state index contributed by atoms with van der Waals surface area (Å²) in [5.41, 5.74) is -0.685. The smallest absolute Gasteiger partial charge is 0.404 e. The van der Waals surface area contributed by atoms with Gasteiger partial charge in [-0.2, -0.15) is 0 Å². The molecule has 0 amide bonds. The average molecular weight is 220 g/mol. The van der Waals surface area contributed by atoms with Crippen molar-refractivity contribution in [3.8, 4) is 0 Å². The monoisotopic (exact) mass is 219 g/mol. The number of carbonyl (C=O) groups excluding carboxylic acids is 1. The highest BCUT2D eigenvalue weighted by Crippen LogP contribution is 2.22. The fourth-order valence-corrected chi connectivity index (χ4v) is 2.12. The van der Waals surface area contributed by atoms with Crippen molar-refractivity contribution < 1.29 is 9.53 Å². The number of piperidine rings is 1. The predicted molar refractivity (Wildman–Crippen MR) is 56.6 cm³/mol. The quantitative estimate of drug-likeness (QED) is 0.683. The first-order chi connectivity index (χ1) is 6.63. The minimum atomic E-state index is -0.685. The van der Waals surface area contributed by atoms with E-state index in [0.717, 1.165) is 32.5 Å². The minimum absolute atomic E-state index is 0.0426. The number of ether oxygens (including phenoxy) is 1. The highest BCUT2D eigenvalue weighted by Gasteiger charge is 2.25. The number of rotatable bonds is 3. The number of likely N-dealkylation sites (tertiary alicyclic amines) is 1. The molecule has 0 aliphatic carbocycles. The van der Waals surface area contributed by atoms with Crippen LogP contribution in [0.4, 0.5) is 4.79 Å². The van der Waals surface area contributed by atoms with Crippen LogP contribution in [0.25, 0.3) is 0 Å². The highest BCUT2D eigenvalue weighted by molar-refractivity contribution is 6.61. The second kappa shape index (κ2) is 5.56. The van der Waals surface area contributed by atoms with Crippen molar-refractivity contribution in [1.82, 2.24) is 4.90 Å². The van der Waals surface area contributed by atoms with Crippen LogP contribution in [0.1, 0.15) is 26.7 Å². The molecule has 3 nitrogen and oxygen atoms in total. The Hall–Kier alpha value is -0.280. The van der Waals surface area contributed by atoms with E-state index in [4.69, 9.17) is 16.3 Å². The molecule has 0 bridgehead atoms. The lowest BCUT2D eigenvalue weighted by Crippen LogP contribution is -2.37. The summed E-state index contributed by atoms with van der Waals surface area (Å²) in [4.78, 5) is 13.0. The Morgan fingerprint density at radius 1 is 1.57 bits per heavy atom. The lowest BCUT2D eigenvalue weighted by molar-refractivity contribution is 0.0588. The summed E-state index contributed by atoms with van der Waals surface area (Å²) in [6.07, 6.45) is 2.15. The first-order valence-corrected chi connectivity index (χ1v) is 5.59. The Bertz CT molecular complexity index is 191. The van der Waals surface area contributed by atoms with Gasteiger partial charge in [0.15, 0.2) is 0 Å². The van der Waals surface area contributed by atoms with Gasteiger partial charge in [0, 0.05) is 11.6 Å². The van der Waals surface area contributed by atoms with Gasteiger partial charge in [-0.1, -0.05) is 6.92 Å². The van der Waals surface area contributed by atoms with Gasteiger partial charge in [0.1, 0.15) is 6.10 Å². The molecule has 0 N–H and O–H groups in total. The fraction of sp³-hybridized carbons (Fsp3) is 0.900. The van der Waals surface area contributed by atoms with E-state index in [1.807, 2.05) is 6.92 Å². The van der Waals surface area contributed by atoms with E-state index in [0.29, 0.717) is 5.92 Å². The van der Waals surface area contributed by atoms with E-state index >= 15 is 0 Å². The maximum Gasteiger partial charge on any atom is 0.404 e. The lowest BCUT2D eigenvalue weighted by Gasteiger charge is -2.33. The zero-order chi connectivity index (χ0) is 10.6. The molecule has 1 saturated heterocycles. The Morgan fingerprint density at radius 3 is 2.57 bits per heavy atom. The van der Waals surface area contributed by atoms with Gasteiger partial charge >= 0.3 is 5.43 Å². The molecule has 0 aromatic heterocycles. The highest BCUT2D eigenvalue weighted by atomic mass is 35.5. The van der Waals surface area contributed by atoms with E-state index in [-0.39, 0.29) is 6.10 Å². The summed E-state index contributed by atoms with van der Waals surface area (Å²) in [5, 5.41) is 0. The zero-order valence-corrected chi connectivity index (χ0v) is 9.59. The number of nitrogens with zero attached hydrogens (tertiary/aromatic N) is 1. The Labute approximate surface area is 90.4 Å². The largest absolute Gasteiger partial charge is 0.450 e. The van der Waals surface area contributed by atoms with E-state index in [9.17, 15) is 4.79 Å². The predicted octanol–water partition coefficient (Wildman–Crippen LogP) is 2.48. The van der Waals surface area contributed by atoms with E-state index in [2.05, 4.69) is 11.8 Å². The summed E-state index contributed by atoms with van der Waals surface area (Å²) in [5.74, 6) is 0.473. The third-order valence-electron chi connectivity index (χ3n) is 3.02. The van der Waals surface area contributed by atoms with Gasteiger partial charge in [-0.3, -0.25) is 0 Å². The third-order valence-corrected chi connectivity index (χ3v) is 3.11. The van der Waals surface area contributed by atoms with Gasteiger partial charge in [0.25, 0.3) is 0 Å². The maximum atomic E-state index is 10.6. The Kier molecular flexibility index (Phi) is 4.69. The van der Waals surface area contributed by atoms with Crippen molar-refractivity contribution in [2.24, 2.45) is 5.92 Å². The molecule has 1 rings (SSSR count). The summed E-state index contributed by atoms with van der Waals surface area (Å²) in [6, 6.07) is 0. The molecule has 0 spiro atoms. The molecule has 0 aromatic carbocycles. The Morgan fingerprint density at radius 2 is 2.14 bits per heavy atom. The molecule has 1 unspecified atom stereocenters. The number of hydrogen-bond donors (Lipinski definition) is 0. The SMILES string of the molecule is CCN1CCC(C(C)OC(=O)Cl)CC1. The maximum absolute atomic E-state index is 10.6. The molecule has 1 aliphatic rings. The van der Waals surface area contributed by atoms with Crippen molar-refractivity contribution in [2.75, 3.05) is 19.6 Å². The minimum Gasteiger partial charge on any atom is -0.450 e. The summed E-state index contributed by atoms with van der Waals surface area (Å²) >= 11 is 5.18. The van der Waals surface area contributed by atoms with Crippen LogP contribution < -0.4 is 0 Å². The van der Waals surface area contributed by atoms with E-state index in [1.54, 1.807) is 0 Å². The van der Waals surface area contributed by atoms with Crippen LogP contribution >= 0.6 is 11.6 Å². The molecule has 1 atom stereocenters. The second-order valence-electron chi connectivity index (χ2n) is 3.83. The molecule has 0 saturated carbocycles. The lowest BCUT2D eigenvalue weighted by atomic mass is 9.92. The van der Waals surface area contributed by atoms with Crippen molar-refractivity contribution in [3.05, 3.63) is 0 Å². The summed E-state index contributed by atoms with van der Waals surface area (Å²) in [6.45, 7) is 7.40. The van der Waals surface area contributed by atoms with Crippen LogP contribution in [0.5, 0.6) is 0 Å². The van der Waals surface area contributed by atoms with Crippen LogP contribution in [-0.2, 0) is 4.74 Å².